The Bertz CT molecular complexity index is 1230. The van der Waals surface area contributed by atoms with Crippen molar-refractivity contribution in [3.8, 4) is 17.4 Å². The van der Waals surface area contributed by atoms with Crippen molar-refractivity contribution in [3.63, 3.8) is 0 Å². The van der Waals surface area contributed by atoms with Crippen LogP contribution in [0.4, 0.5) is 0 Å². The Morgan fingerprint density at radius 3 is 2.57 bits per heavy atom. The maximum Gasteiger partial charge on any atom is 0.344 e. The Balaban J connectivity index is 1.40. The number of aromatic nitrogens is 4. The van der Waals surface area contributed by atoms with Gasteiger partial charge in [-0.2, -0.15) is 5.10 Å². The lowest BCUT2D eigenvalue weighted by molar-refractivity contribution is 0.0736. The quantitative estimate of drug-likeness (QED) is 0.361. The number of ether oxygens (including phenoxy) is 2. The SMILES string of the molecule is Cc1nn(C)c2nc(C3CC3)cc(C(=O)Oc3ccc(Oc4ccccn4)cc3)c12. The first-order valence-corrected chi connectivity index (χ1v) is 9.84. The smallest absolute Gasteiger partial charge is 0.344 e. The second-order valence-corrected chi connectivity index (χ2v) is 7.41. The van der Waals surface area contributed by atoms with Crippen LogP contribution in [-0.2, 0) is 7.05 Å². The Labute approximate surface area is 173 Å². The number of carbonyl (C=O) groups excluding carboxylic acids is 1. The lowest BCUT2D eigenvalue weighted by Crippen LogP contribution is -2.11. The summed E-state index contributed by atoms with van der Waals surface area (Å²) in [6.45, 7) is 1.88. The van der Waals surface area contributed by atoms with E-state index in [2.05, 4.69) is 10.1 Å². The predicted octanol–water partition coefficient (Wildman–Crippen LogP) is 4.56. The van der Waals surface area contributed by atoms with Gasteiger partial charge in [0.05, 0.1) is 16.6 Å². The number of hydrogen-bond acceptors (Lipinski definition) is 6. The Morgan fingerprint density at radius 1 is 1.10 bits per heavy atom. The van der Waals surface area contributed by atoms with E-state index >= 15 is 0 Å². The first-order valence-electron chi connectivity index (χ1n) is 9.84. The summed E-state index contributed by atoms with van der Waals surface area (Å²) in [7, 11) is 1.84. The standard InChI is InChI=1S/C23H20N4O3/c1-14-21-18(13-19(15-6-7-15)25-22(21)27(2)26-14)23(28)30-17-10-8-16(9-11-17)29-20-5-3-4-12-24-20/h3-5,8-13,15H,6-7H2,1-2H3. The molecule has 0 saturated heterocycles. The van der Waals surface area contributed by atoms with Gasteiger partial charge in [0.2, 0.25) is 5.88 Å². The molecule has 1 aromatic carbocycles. The van der Waals surface area contributed by atoms with Crippen LogP contribution in [0.15, 0.2) is 54.7 Å². The number of carbonyl (C=O) groups is 1. The van der Waals surface area contributed by atoms with E-state index in [0.717, 1.165) is 29.6 Å². The van der Waals surface area contributed by atoms with Crippen LogP contribution in [0.3, 0.4) is 0 Å². The van der Waals surface area contributed by atoms with E-state index in [9.17, 15) is 4.79 Å². The van der Waals surface area contributed by atoms with Crippen LogP contribution in [0.25, 0.3) is 11.0 Å². The molecule has 7 nitrogen and oxygen atoms in total. The molecular formula is C23H20N4O3. The van der Waals surface area contributed by atoms with E-state index in [0.29, 0.717) is 34.5 Å². The average molecular weight is 400 g/mol. The van der Waals surface area contributed by atoms with Gasteiger partial charge in [-0.3, -0.25) is 4.68 Å². The van der Waals surface area contributed by atoms with Crippen LogP contribution in [0.5, 0.6) is 17.4 Å². The molecule has 3 aromatic heterocycles. The van der Waals surface area contributed by atoms with Crippen LogP contribution in [0.2, 0.25) is 0 Å². The summed E-state index contributed by atoms with van der Waals surface area (Å²) in [6.07, 6.45) is 3.86. The zero-order valence-corrected chi connectivity index (χ0v) is 16.7. The highest BCUT2D eigenvalue weighted by molar-refractivity contribution is 6.04. The molecule has 0 amide bonds. The zero-order valence-electron chi connectivity index (χ0n) is 16.7. The van der Waals surface area contributed by atoms with Crippen molar-refractivity contribution in [3.05, 3.63) is 71.7 Å². The molecule has 30 heavy (non-hydrogen) atoms. The maximum absolute atomic E-state index is 13.0. The van der Waals surface area contributed by atoms with Gasteiger partial charge in [0.15, 0.2) is 5.65 Å². The number of pyridine rings is 2. The van der Waals surface area contributed by atoms with Crippen LogP contribution < -0.4 is 9.47 Å². The molecule has 150 valence electrons. The second kappa shape index (κ2) is 7.26. The van der Waals surface area contributed by atoms with E-state index < -0.39 is 5.97 Å². The molecular weight excluding hydrogens is 380 g/mol. The summed E-state index contributed by atoms with van der Waals surface area (Å²) in [6, 6.07) is 14.2. The van der Waals surface area contributed by atoms with Gasteiger partial charge in [-0.1, -0.05) is 6.07 Å². The molecule has 0 radical (unpaired) electrons. The first-order chi connectivity index (χ1) is 14.6. The Hall–Kier alpha value is -3.74. The van der Waals surface area contributed by atoms with Crippen LogP contribution in [0.1, 0.15) is 40.5 Å². The van der Waals surface area contributed by atoms with Gasteiger partial charge in [0, 0.05) is 30.9 Å². The molecule has 1 saturated carbocycles. The van der Waals surface area contributed by atoms with Crippen molar-refractivity contribution < 1.29 is 14.3 Å². The highest BCUT2D eigenvalue weighted by atomic mass is 16.5. The van der Waals surface area contributed by atoms with Gasteiger partial charge in [-0.25, -0.2) is 14.8 Å². The van der Waals surface area contributed by atoms with Crippen molar-refractivity contribution in [2.75, 3.05) is 0 Å². The van der Waals surface area contributed by atoms with Gasteiger partial charge < -0.3 is 9.47 Å². The number of hydrogen-bond donors (Lipinski definition) is 0. The molecule has 5 rings (SSSR count). The molecule has 1 fully saturated rings. The fraction of sp³-hybridized carbons (Fsp3) is 0.217. The molecule has 0 atom stereocenters. The molecule has 0 aliphatic heterocycles. The van der Waals surface area contributed by atoms with E-state index in [-0.39, 0.29) is 0 Å². The van der Waals surface area contributed by atoms with Crippen molar-refractivity contribution >= 4 is 17.0 Å². The van der Waals surface area contributed by atoms with E-state index in [1.807, 2.05) is 32.2 Å². The van der Waals surface area contributed by atoms with Gasteiger partial charge in [0.25, 0.3) is 0 Å². The molecule has 4 aromatic rings. The average Bonchev–Trinajstić information content (AvgIpc) is 3.56. The third kappa shape index (κ3) is 3.50. The summed E-state index contributed by atoms with van der Waals surface area (Å²) < 4.78 is 13.1. The normalized spacial score (nSPS) is 13.4. The van der Waals surface area contributed by atoms with Crippen molar-refractivity contribution in [2.24, 2.45) is 7.05 Å². The van der Waals surface area contributed by atoms with Gasteiger partial charge in [-0.05, 0) is 56.2 Å². The lowest BCUT2D eigenvalue weighted by atomic mass is 10.1. The van der Waals surface area contributed by atoms with Crippen molar-refractivity contribution in [1.29, 1.82) is 0 Å². The number of aryl methyl sites for hydroxylation is 2. The molecule has 3 heterocycles. The van der Waals surface area contributed by atoms with E-state index in [1.54, 1.807) is 41.2 Å². The fourth-order valence-corrected chi connectivity index (χ4v) is 3.48. The van der Waals surface area contributed by atoms with Crippen molar-refractivity contribution in [2.45, 2.75) is 25.7 Å². The minimum absolute atomic E-state index is 0.416. The van der Waals surface area contributed by atoms with Gasteiger partial charge in [0.1, 0.15) is 11.5 Å². The number of fused-ring (bicyclic) bond motifs is 1. The minimum atomic E-state index is -0.418. The van der Waals surface area contributed by atoms with E-state index in [1.165, 1.54) is 0 Å². The molecule has 0 bridgehead atoms. The third-order valence-corrected chi connectivity index (χ3v) is 5.10. The molecule has 1 aliphatic rings. The Kier molecular flexibility index (Phi) is 4.43. The molecule has 0 N–H and O–H groups in total. The molecule has 0 unspecified atom stereocenters. The largest absolute Gasteiger partial charge is 0.439 e. The van der Waals surface area contributed by atoms with Crippen molar-refractivity contribution in [1.82, 2.24) is 19.7 Å². The molecule has 7 heteroatoms. The molecule has 1 aliphatic carbocycles. The predicted molar refractivity (Wildman–Crippen MR) is 111 cm³/mol. The van der Waals surface area contributed by atoms with Crippen LogP contribution >= 0.6 is 0 Å². The second-order valence-electron chi connectivity index (χ2n) is 7.41. The Morgan fingerprint density at radius 2 is 1.87 bits per heavy atom. The lowest BCUT2D eigenvalue weighted by Gasteiger charge is -2.09. The zero-order chi connectivity index (χ0) is 20.7. The number of nitrogens with zero attached hydrogens (tertiary/aromatic N) is 4. The summed E-state index contributed by atoms with van der Waals surface area (Å²) >= 11 is 0. The maximum atomic E-state index is 13.0. The van der Waals surface area contributed by atoms with Gasteiger partial charge in [-0.15, -0.1) is 0 Å². The highest BCUT2D eigenvalue weighted by Gasteiger charge is 2.29. The highest BCUT2D eigenvalue weighted by Crippen LogP contribution is 2.40. The van der Waals surface area contributed by atoms with Gasteiger partial charge >= 0.3 is 5.97 Å². The van der Waals surface area contributed by atoms with Crippen LogP contribution in [0, 0.1) is 6.92 Å². The van der Waals surface area contributed by atoms with E-state index in [4.69, 9.17) is 14.5 Å². The number of esters is 1. The summed E-state index contributed by atoms with van der Waals surface area (Å²) in [5.74, 6) is 1.55. The third-order valence-electron chi connectivity index (χ3n) is 5.10. The monoisotopic (exact) mass is 400 g/mol. The molecule has 0 spiro atoms. The summed E-state index contributed by atoms with van der Waals surface area (Å²) in [5, 5.41) is 5.17. The summed E-state index contributed by atoms with van der Waals surface area (Å²) in [5.41, 5.74) is 2.90. The summed E-state index contributed by atoms with van der Waals surface area (Å²) in [4.78, 5) is 21.9. The number of rotatable bonds is 5. The minimum Gasteiger partial charge on any atom is -0.439 e. The topological polar surface area (TPSA) is 79.1 Å². The number of benzene rings is 1. The van der Waals surface area contributed by atoms with Crippen LogP contribution in [-0.4, -0.2) is 25.7 Å². The first kappa shape index (κ1) is 18.3. The fourth-order valence-electron chi connectivity index (χ4n) is 3.48.